The summed E-state index contributed by atoms with van der Waals surface area (Å²) in [4.78, 5) is 5.04. The fourth-order valence-corrected chi connectivity index (χ4v) is 5.80. The maximum atomic E-state index is 9.81. The highest BCUT2D eigenvalue weighted by Crippen LogP contribution is 2.27. The number of β-amino-alcohol motifs (C(OH)–C–C–N with tert-alkyl or cyclic N) is 1. The maximum absolute atomic E-state index is 9.81. The van der Waals surface area contributed by atoms with Gasteiger partial charge >= 0.3 is 0 Å². The molecule has 1 aromatic heterocycles. The predicted octanol–water partition coefficient (Wildman–Crippen LogP) is 1.84. The SMILES string of the molecule is O[C@@H]1CCCN(Cc2cn(CC3CCN(C4CCSCC4)CC3)nn2)C1. The molecule has 146 valence electrons. The van der Waals surface area contributed by atoms with Crippen molar-refractivity contribution in [3.05, 3.63) is 11.9 Å². The first kappa shape index (κ1) is 18.7. The van der Waals surface area contributed by atoms with Crippen molar-refractivity contribution >= 4 is 11.8 Å². The summed E-state index contributed by atoms with van der Waals surface area (Å²) in [5.74, 6) is 3.43. The number of hydrogen-bond donors (Lipinski definition) is 1. The molecular weight excluding hydrogens is 346 g/mol. The maximum Gasteiger partial charge on any atom is 0.0967 e. The number of likely N-dealkylation sites (tertiary alicyclic amines) is 2. The second kappa shape index (κ2) is 9.04. The van der Waals surface area contributed by atoms with Gasteiger partial charge in [-0.3, -0.25) is 9.58 Å². The second-order valence-electron chi connectivity index (χ2n) is 8.29. The van der Waals surface area contributed by atoms with Crippen molar-refractivity contribution in [3.8, 4) is 0 Å². The molecule has 6 nitrogen and oxygen atoms in total. The standard InChI is InChI=1S/C19H33N5OS/c25-19-2-1-7-22(15-19)13-17-14-24(21-20-17)12-16-3-8-23(9-4-16)18-5-10-26-11-6-18/h14,16,18-19,25H,1-13,15H2/t19-/m1/s1. The van der Waals surface area contributed by atoms with Gasteiger partial charge in [-0.2, -0.15) is 11.8 Å². The van der Waals surface area contributed by atoms with Crippen LogP contribution in [0.15, 0.2) is 6.20 Å². The minimum absolute atomic E-state index is 0.174. The summed E-state index contributed by atoms with van der Waals surface area (Å²) in [6.45, 7) is 6.16. The van der Waals surface area contributed by atoms with Gasteiger partial charge in [-0.25, -0.2) is 0 Å². The van der Waals surface area contributed by atoms with E-state index in [4.69, 9.17) is 0 Å². The Morgan fingerprint density at radius 1 is 1.08 bits per heavy atom. The monoisotopic (exact) mass is 379 g/mol. The molecule has 7 heteroatoms. The van der Waals surface area contributed by atoms with Crippen molar-refractivity contribution < 1.29 is 5.11 Å². The lowest BCUT2D eigenvalue weighted by molar-refractivity contribution is 0.0662. The van der Waals surface area contributed by atoms with E-state index in [0.29, 0.717) is 0 Å². The highest BCUT2D eigenvalue weighted by atomic mass is 32.2. The number of thioether (sulfide) groups is 1. The van der Waals surface area contributed by atoms with Crippen LogP contribution in [0.3, 0.4) is 0 Å². The first-order valence-electron chi connectivity index (χ1n) is 10.4. The number of nitrogens with zero attached hydrogens (tertiary/aromatic N) is 5. The van der Waals surface area contributed by atoms with E-state index >= 15 is 0 Å². The Kier molecular flexibility index (Phi) is 6.51. The van der Waals surface area contributed by atoms with Crippen LogP contribution < -0.4 is 0 Å². The Bertz CT molecular complexity index is 554. The molecule has 4 rings (SSSR count). The van der Waals surface area contributed by atoms with Crippen LogP contribution in [0.4, 0.5) is 0 Å². The van der Waals surface area contributed by atoms with Crippen LogP contribution in [0.5, 0.6) is 0 Å². The molecule has 0 aromatic carbocycles. The summed E-state index contributed by atoms with van der Waals surface area (Å²) in [6, 6.07) is 0.843. The summed E-state index contributed by atoms with van der Waals surface area (Å²) in [5, 5.41) is 18.5. The van der Waals surface area contributed by atoms with Crippen molar-refractivity contribution in [1.82, 2.24) is 24.8 Å². The van der Waals surface area contributed by atoms with Gasteiger partial charge in [0.15, 0.2) is 0 Å². The topological polar surface area (TPSA) is 57.4 Å². The normalized spacial score (nSPS) is 27.8. The molecule has 3 aliphatic heterocycles. The molecular formula is C19H33N5OS. The average Bonchev–Trinajstić information content (AvgIpc) is 3.10. The number of aliphatic hydroxyl groups excluding tert-OH is 1. The largest absolute Gasteiger partial charge is 0.392 e. The number of aliphatic hydroxyl groups is 1. The Morgan fingerprint density at radius 2 is 1.88 bits per heavy atom. The van der Waals surface area contributed by atoms with Gasteiger partial charge in [0.25, 0.3) is 0 Å². The van der Waals surface area contributed by atoms with Crippen LogP contribution in [0.25, 0.3) is 0 Å². The molecule has 26 heavy (non-hydrogen) atoms. The Hall–Kier alpha value is -0.630. The van der Waals surface area contributed by atoms with Crippen LogP contribution in [0.2, 0.25) is 0 Å². The molecule has 4 heterocycles. The third kappa shape index (κ3) is 5.00. The molecule has 3 aliphatic rings. The van der Waals surface area contributed by atoms with Gasteiger partial charge in [0.2, 0.25) is 0 Å². The minimum Gasteiger partial charge on any atom is -0.392 e. The molecule has 0 bridgehead atoms. The zero-order chi connectivity index (χ0) is 17.8. The molecule has 0 aliphatic carbocycles. The van der Waals surface area contributed by atoms with Gasteiger partial charge in [0, 0.05) is 31.9 Å². The van der Waals surface area contributed by atoms with Gasteiger partial charge in [-0.05, 0) is 75.6 Å². The van der Waals surface area contributed by atoms with E-state index < -0.39 is 0 Å². The first-order chi connectivity index (χ1) is 12.8. The van der Waals surface area contributed by atoms with Crippen molar-refractivity contribution in [2.45, 2.75) is 63.8 Å². The Balaban J connectivity index is 1.22. The number of hydrogen-bond acceptors (Lipinski definition) is 6. The van der Waals surface area contributed by atoms with Crippen molar-refractivity contribution in [2.24, 2.45) is 5.92 Å². The van der Waals surface area contributed by atoms with Crippen LogP contribution in [-0.2, 0) is 13.1 Å². The van der Waals surface area contributed by atoms with Gasteiger partial charge in [0.05, 0.1) is 11.8 Å². The molecule has 1 N–H and O–H groups in total. The fraction of sp³-hybridized carbons (Fsp3) is 0.895. The molecule has 0 spiro atoms. The van der Waals surface area contributed by atoms with Crippen LogP contribution >= 0.6 is 11.8 Å². The smallest absolute Gasteiger partial charge is 0.0967 e. The molecule has 0 unspecified atom stereocenters. The summed E-state index contributed by atoms with van der Waals surface area (Å²) >= 11 is 2.12. The molecule has 1 aromatic rings. The van der Waals surface area contributed by atoms with Crippen LogP contribution in [0, 0.1) is 5.92 Å². The fourth-order valence-electron chi connectivity index (χ4n) is 4.72. The molecule has 1 atom stereocenters. The number of aromatic nitrogens is 3. The highest BCUT2D eigenvalue weighted by molar-refractivity contribution is 7.99. The Morgan fingerprint density at radius 3 is 2.65 bits per heavy atom. The summed E-state index contributed by atoms with van der Waals surface area (Å²) < 4.78 is 2.05. The molecule has 0 radical (unpaired) electrons. The van der Waals surface area contributed by atoms with Gasteiger partial charge in [-0.15, -0.1) is 5.10 Å². The van der Waals surface area contributed by atoms with E-state index in [1.165, 1.54) is 50.3 Å². The lowest BCUT2D eigenvalue weighted by atomic mass is 9.94. The third-order valence-electron chi connectivity index (χ3n) is 6.25. The molecule has 0 amide bonds. The Labute approximate surface area is 161 Å². The third-order valence-corrected chi connectivity index (χ3v) is 7.30. The molecule has 3 saturated heterocycles. The van der Waals surface area contributed by atoms with E-state index in [9.17, 15) is 5.11 Å². The predicted molar refractivity (Wildman–Crippen MR) is 105 cm³/mol. The zero-order valence-electron chi connectivity index (χ0n) is 15.8. The van der Waals surface area contributed by atoms with E-state index in [1.54, 1.807) is 0 Å². The first-order valence-corrected chi connectivity index (χ1v) is 11.5. The molecule has 0 saturated carbocycles. The summed E-state index contributed by atoms with van der Waals surface area (Å²) in [6.07, 6.45) is 9.29. The van der Waals surface area contributed by atoms with Crippen molar-refractivity contribution in [1.29, 1.82) is 0 Å². The second-order valence-corrected chi connectivity index (χ2v) is 9.51. The van der Waals surface area contributed by atoms with Crippen LogP contribution in [0.1, 0.15) is 44.2 Å². The van der Waals surface area contributed by atoms with Gasteiger partial charge in [-0.1, -0.05) is 5.21 Å². The van der Waals surface area contributed by atoms with E-state index in [1.807, 2.05) is 4.68 Å². The summed E-state index contributed by atoms with van der Waals surface area (Å²) in [5.41, 5.74) is 1.04. The van der Waals surface area contributed by atoms with E-state index in [-0.39, 0.29) is 6.10 Å². The summed E-state index contributed by atoms with van der Waals surface area (Å²) in [7, 11) is 0. The lowest BCUT2D eigenvalue weighted by Crippen LogP contribution is -2.43. The molecule has 3 fully saturated rings. The van der Waals surface area contributed by atoms with Crippen molar-refractivity contribution in [3.63, 3.8) is 0 Å². The average molecular weight is 380 g/mol. The van der Waals surface area contributed by atoms with Gasteiger partial charge < -0.3 is 10.0 Å². The van der Waals surface area contributed by atoms with E-state index in [2.05, 4.69) is 38.1 Å². The minimum atomic E-state index is -0.174. The number of piperidine rings is 2. The van der Waals surface area contributed by atoms with Crippen LogP contribution in [-0.4, -0.2) is 79.7 Å². The van der Waals surface area contributed by atoms with Gasteiger partial charge in [0.1, 0.15) is 0 Å². The van der Waals surface area contributed by atoms with E-state index in [0.717, 1.165) is 56.7 Å². The lowest BCUT2D eigenvalue weighted by Gasteiger charge is -2.39. The highest BCUT2D eigenvalue weighted by Gasteiger charge is 2.26. The number of rotatable bonds is 5. The zero-order valence-corrected chi connectivity index (χ0v) is 16.6. The van der Waals surface area contributed by atoms with Crippen molar-refractivity contribution in [2.75, 3.05) is 37.7 Å². The quantitative estimate of drug-likeness (QED) is 0.843.